The molecule has 44 heavy (non-hydrogen) atoms. The maximum absolute atomic E-state index is 13.6. The van der Waals surface area contributed by atoms with Gasteiger partial charge in [-0.25, -0.2) is 4.98 Å². The van der Waals surface area contributed by atoms with Crippen LogP contribution >= 0.6 is 46.3 Å². The highest BCUT2D eigenvalue weighted by Crippen LogP contribution is 2.37. The summed E-state index contributed by atoms with van der Waals surface area (Å²) in [7, 11) is 0. The molecule has 0 aliphatic heterocycles. The lowest BCUT2D eigenvalue weighted by Crippen LogP contribution is -2.30. The number of anilines is 2. The standard InChI is InChI=1S/C33H24Cl2N4O3S2/c34-26-15-8-16-27(35)25(26)20-28(38-30(40)22-11-5-2-6-12-22)31(41)37-23-13-7-14-24(19-23)44-29(21-9-3-1-4-10-21)32(42)39-33-36-17-18-43-33/h1-20,29H,(H,37,41)(H,38,40)(H,36,39,42)/b28-20+. The van der Waals surface area contributed by atoms with Crippen molar-refractivity contribution in [3.63, 3.8) is 0 Å². The largest absolute Gasteiger partial charge is 0.321 e. The third kappa shape index (κ3) is 8.15. The number of nitrogens with zero attached hydrogens (tertiary/aromatic N) is 1. The Labute approximate surface area is 272 Å². The van der Waals surface area contributed by atoms with Crippen molar-refractivity contribution in [2.75, 3.05) is 10.6 Å². The summed E-state index contributed by atoms with van der Waals surface area (Å²) >= 11 is 15.4. The quantitative estimate of drug-likeness (QED) is 0.103. The van der Waals surface area contributed by atoms with E-state index in [-0.39, 0.29) is 11.6 Å². The van der Waals surface area contributed by atoms with Crippen LogP contribution < -0.4 is 16.0 Å². The molecule has 5 rings (SSSR count). The Morgan fingerprint density at radius 1 is 0.818 bits per heavy atom. The van der Waals surface area contributed by atoms with Gasteiger partial charge in [-0.05, 0) is 54.1 Å². The van der Waals surface area contributed by atoms with Gasteiger partial charge in [-0.2, -0.15) is 0 Å². The van der Waals surface area contributed by atoms with Crippen LogP contribution in [0.4, 0.5) is 10.8 Å². The molecular formula is C33H24Cl2N4O3S2. The SMILES string of the molecule is O=C(Nc1cccc(SC(C(=O)Nc2nccs2)c2ccccc2)c1)/C(=C\c1c(Cl)cccc1Cl)NC(=O)c1ccccc1. The molecule has 1 atom stereocenters. The number of hydrogen-bond acceptors (Lipinski definition) is 6. The van der Waals surface area contributed by atoms with E-state index in [9.17, 15) is 14.4 Å². The predicted octanol–water partition coefficient (Wildman–Crippen LogP) is 8.33. The molecule has 1 unspecified atom stereocenters. The van der Waals surface area contributed by atoms with E-state index in [4.69, 9.17) is 23.2 Å². The van der Waals surface area contributed by atoms with Crippen LogP contribution in [0.25, 0.3) is 6.08 Å². The van der Waals surface area contributed by atoms with Gasteiger partial charge in [-0.3, -0.25) is 14.4 Å². The molecule has 0 saturated heterocycles. The molecule has 5 aromatic rings. The van der Waals surface area contributed by atoms with E-state index < -0.39 is 17.1 Å². The zero-order valence-electron chi connectivity index (χ0n) is 22.9. The van der Waals surface area contributed by atoms with Crippen molar-refractivity contribution in [1.82, 2.24) is 10.3 Å². The maximum atomic E-state index is 13.6. The van der Waals surface area contributed by atoms with Gasteiger partial charge in [0.2, 0.25) is 5.91 Å². The minimum absolute atomic E-state index is 0.0584. The Balaban J connectivity index is 1.40. The van der Waals surface area contributed by atoms with Gasteiger partial charge in [-0.15, -0.1) is 23.1 Å². The molecule has 0 aliphatic carbocycles. The van der Waals surface area contributed by atoms with Gasteiger partial charge in [0, 0.05) is 43.3 Å². The summed E-state index contributed by atoms with van der Waals surface area (Å²) in [5.41, 5.74) is 1.97. The fraction of sp³-hybridized carbons (Fsp3) is 0.0303. The minimum Gasteiger partial charge on any atom is -0.321 e. The number of rotatable bonds is 10. The molecule has 220 valence electrons. The molecule has 0 bridgehead atoms. The Hall–Kier alpha value is -4.41. The topological polar surface area (TPSA) is 100 Å². The maximum Gasteiger partial charge on any atom is 0.272 e. The van der Waals surface area contributed by atoms with E-state index in [2.05, 4.69) is 20.9 Å². The summed E-state index contributed by atoms with van der Waals surface area (Å²) < 4.78 is 0. The molecule has 1 heterocycles. The molecule has 3 N–H and O–H groups in total. The molecule has 3 amide bonds. The lowest BCUT2D eigenvalue weighted by molar-refractivity contribution is -0.116. The molecule has 11 heteroatoms. The second-order valence-corrected chi connectivity index (χ2v) is 12.1. The Morgan fingerprint density at radius 2 is 1.50 bits per heavy atom. The second-order valence-electron chi connectivity index (χ2n) is 9.23. The highest BCUT2D eigenvalue weighted by molar-refractivity contribution is 8.00. The van der Waals surface area contributed by atoms with Crippen molar-refractivity contribution in [3.05, 3.63) is 147 Å². The lowest BCUT2D eigenvalue weighted by Gasteiger charge is -2.17. The summed E-state index contributed by atoms with van der Waals surface area (Å²) in [5.74, 6) is -1.29. The van der Waals surface area contributed by atoms with Gasteiger partial charge in [0.15, 0.2) is 5.13 Å². The Kier molecular flexibility index (Phi) is 10.5. The number of nitrogens with one attached hydrogen (secondary N) is 3. The van der Waals surface area contributed by atoms with Crippen LogP contribution in [-0.4, -0.2) is 22.7 Å². The molecule has 7 nitrogen and oxygen atoms in total. The number of carbonyl (C=O) groups is 3. The van der Waals surface area contributed by atoms with E-state index in [1.807, 2.05) is 36.4 Å². The van der Waals surface area contributed by atoms with E-state index in [0.717, 1.165) is 10.5 Å². The first-order chi connectivity index (χ1) is 21.4. The number of aromatic nitrogens is 1. The van der Waals surface area contributed by atoms with E-state index in [1.165, 1.54) is 29.2 Å². The van der Waals surface area contributed by atoms with Crippen LogP contribution in [0.5, 0.6) is 0 Å². The summed E-state index contributed by atoms with van der Waals surface area (Å²) in [5, 5.41) is 10.8. The van der Waals surface area contributed by atoms with E-state index in [1.54, 1.807) is 78.3 Å². The van der Waals surface area contributed by atoms with Crippen LogP contribution in [0, 0.1) is 0 Å². The van der Waals surface area contributed by atoms with Gasteiger partial charge in [0.1, 0.15) is 10.9 Å². The zero-order chi connectivity index (χ0) is 30.9. The smallest absolute Gasteiger partial charge is 0.272 e. The number of amides is 3. The molecule has 4 aromatic carbocycles. The van der Waals surface area contributed by atoms with Crippen LogP contribution in [0.3, 0.4) is 0 Å². The van der Waals surface area contributed by atoms with Crippen LogP contribution in [0.15, 0.2) is 125 Å². The first kappa shape index (κ1) is 31.0. The molecule has 0 fully saturated rings. The number of halogens is 2. The normalized spacial score (nSPS) is 11.8. The zero-order valence-corrected chi connectivity index (χ0v) is 26.0. The van der Waals surface area contributed by atoms with Crippen LogP contribution in [-0.2, 0) is 9.59 Å². The van der Waals surface area contributed by atoms with E-state index >= 15 is 0 Å². The minimum atomic E-state index is -0.589. The average Bonchev–Trinajstić information content (AvgIpc) is 3.55. The van der Waals surface area contributed by atoms with Gasteiger partial charge in [0.05, 0.1) is 0 Å². The van der Waals surface area contributed by atoms with Crippen molar-refractivity contribution in [3.8, 4) is 0 Å². The summed E-state index contributed by atoms with van der Waals surface area (Å²) in [6, 6.07) is 30.0. The number of thiazole rings is 1. The third-order valence-corrected chi connectivity index (χ3v) is 8.76. The fourth-order valence-corrected chi connectivity index (χ4v) is 6.20. The van der Waals surface area contributed by atoms with E-state index in [0.29, 0.717) is 32.0 Å². The van der Waals surface area contributed by atoms with Crippen molar-refractivity contribution in [2.45, 2.75) is 10.1 Å². The fourth-order valence-electron chi connectivity index (χ4n) is 4.07. The van der Waals surface area contributed by atoms with Gasteiger partial charge < -0.3 is 16.0 Å². The molecule has 0 radical (unpaired) electrons. The number of carbonyl (C=O) groups excluding carboxylic acids is 3. The summed E-state index contributed by atoms with van der Waals surface area (Å²) in [6.07, 6.45) is 3.07. The van der Waals surface area contributed by atoms with Gasteiger partial charge in [0.25, 0.3) is 11.8 Å². The first-order valence-electron chi connectivity index (χ1n) is 13.2. The molecule has 0 spiro atoms. The molecule has 0 saturated carbocycles. The number of hydrogen-bond donors (Lipinski definition) is 3. The first-order valence-corrected chi connectivity index (χ1v) is 15.7. The third-order valence-electron chi connectivity index (χ3n) is 6.17. The van der Waals surface area contributed by atoms with Gasteiger partial charge in [-0.1, -0.05) is 83.9 Å². The number of benzene rings is 4. The van der Waals surface area contributed by atoms with Crippen molar-refractivity contribution >= 4 is 80.9 Å². The summed E-state index contributed by atoms with van der Waals surface area (Å²) in [6.45, 7) is 0. The monoisotopic (exact) mass is 658 g/mol. The van der Waals surface area contributed by atoms with Crippen LogP contribution in [0.1, 0.15) is 26.7 Å². The lowest BCUT2D eigenvalue weighted by atomic mass is 10.1. The van der Waals surface area contributed by atoms with Crippen LogP contribution in [0.2, 0.25) is 10.0 Å². The Morgan fingerprint density at radius 3 is 2.18 bits per heavy atom. The molecule has 1 aromatic heterocycles. The summed E-state index contributed by atoms with van der Waals surface area (Å²) in [4.78, 5) is 44.8. The predicted molar refractivity (Wildman–Crippen MR) is 179 cm³/mol. The van der Waals surface area contributed by atoms with Gasteiger partial charge >= 0.3 is 0 Å². The average molecular weight is 660 g/mol. The molecular weight excluding hydrogens is 635 g/mol. The number of thioether (sulfide) groups is 1. The second kappa shape index (κ2) is 14.9. The highest BCUT2D eigenvalue weighted by atomic mass is 35.5. The van der Waals surface area contributed by atoms with Crippen molar-refractivity contribution in [2.24, 2.45) is 0 Å². The molecule has 0 aliphatic rings. The van der Waals surface area contributed by atoms with Crippen molar-refractivity contribution < 1.29 is 14.4 Å². The van der Waals surface area contributed by atoms with Crippen molar-refractivity contribution in [1.29, 1.82) is 0 Å². The highest BCUT2D eigenvalue weighted by Gasteiger charge is 2.23. The Bertz CT molecular complexity index is 1780.